The molecule has 1 unspecified atom stereocenters. The van der Waals surface area contributed by atoms with Gasteiger partial charge in [-0.05, 0) is 0 Å². The van der Waals surface area contributed by atoms with Crippen molar-refractivity contribution in [3.63, 3.8) is 0 Å². The number of amides is 5. The number of hydrogen-bond acceptors (Lipinski definition) is 5. The van der Waals surface area contributed by atoms with Gasteiger partial charge in [-0.25, -0.2) is 19.6 Å². The molecule has 1 aliphatic rings. The molecule has 5 amide bonds. The molecule has 7 N–H and O–H groups in total. The molecule has 0 aromatic carbocycles. The molecule has 89 valence electrons. The fourth-order valence-electron chi connectivity index (χ4n) is 0.661. The minimum atomic E-state index is -1.04. The number of rotatable bonds is 1. The summed E-state index contributed by atoms with van der Waals surface area (Å²) in [5, 5.41) is 6.05. The zero-order chi connectivity index (χ0) is 13.1. The van der Waals surface area contributed by atoms with E-state index in [4.69, 9.17) is 14.1 Å². The third-order valence-electron chi connectivity index (χ3n) is 1.06. The van der Waals surface area contributed by atoms with Gasteiger partial charge in [0.2, 0.25) is 0 Å². The summed E-state index contributed by atoms with van der Waals surface area (Å²) in [5.41, 5.74) is 4.70. The molecule has 0 aromatic heterocycles. The van der Waals surface area contributed by atoms with Gasteiger partial charge in [0.25, 0.3) is 5.91 Å². The first-order valence-corrected chi connectivity index (χ1v) is 6.85. The van der Waals surface area contributed by atoms with Crippen molar-refractivity contribution in [3.05, 3.63) is 0 Å². The lowest BCUT2D eigenvalue weighted by Gasteiger charge is -2.05. The smallest absolute Gasteiger partial charge is 0.521 e. The molecule has 1 radical (unpaired) electrons. The van der Waals surface area contributed by atoms with Crippen LogP contribution in [-0.2, 0) is 4.79 Å². The van der Waals surface area contributed by atoms with E-state index in [9.17, 15) is 14.4 Å². The minimum absolute atomic E-state index is 0.306. The predicted octanol–water partition coefficient (Wildman–Crippen LogP) is -3.90. The summed E-state index contributed by atoms with van der Waals surface area (Å²) >= 11 is -0.472. The molecule has 1 fully saturated rings. The highest BCUT2D eigenvalue weighted by Crippen LogP contribution is 1.86. The molecule has 0 aliphatic carbocycles. The molecule has 0 bridgehead atoms. The van der Waals surface area contributed by atoms with Gasteiger partial charge in [0.15, 0.2) is 6.17 Å². The molecular formula is C4H10Al2ClN4O5. The van der Waals surface area contributed by atoms with Crippen LogP contribution in [0.4, 0.5) is 9.59 Å². The number of nitrogens with one attached hydrogen (secondary N) is 3. The number of carbonyl (C=O) groups excluding carboxylic acids is 3. The van der Waals surface area contributed by atoms with E-state index in [1.54, 1.807) is 0 Å². The monoisotopic (exact) mass is 283 g/mol. The van der Waals surface area contributed by atoms with Crippen molar-refractivity contribution in [1.82, 2.24) is 16.0 Å². The Labute approximate surface area is 110 Å². The molecule has 9 nitrogen and oxygen atoms in total. The van der Waals surface area contributed by atoms with Crippen molar-refractivity contribution in [1.29, 1.82) is 0 Å². The van der Waals surface area contributed by atoms with Crippen LogP contribution in [-0.4, -0.2) is 63.7 Å². The van der Waals surface area contributed by atoms with Gasteiger partial charge in [-0.15, -0.1) is 0 Å². The van der Waals surface area contributed by atoms with Crippen LogP contribution < -0.4 is 21.7 Å². The van der Waals surface area contributed by atoms with Crippen LogP contribution in [0.2, 0.25) is 0 Å². The van der Waals surface area contributed by atoms with Crippen molar-refractivity contribution in [3.8, 4) is 0 Å². The fraction of sp³-hybridized carbons (Fsp3) is 0.250. The summed E-state index contributed by atoms with van der Waals surface area (Å²) < 4.78 is 14.6. The number of imide groups is 1. The topological polar surface area (TPSA) is 154 Å². The Morgan fingerprint density at radius 2 is 2.00 bits per heavy atom. The van der Waals surface area contributed by atoms with Gasteiger partial charge >= 0.3 is 43.3 Å². The van der Waals surface area contributed by atoms with Gasteiger partial charge in [0, 0.05) is 0 Å². The first-order chi connectivity index (χ1) is 7.51. The van der Waals surface area contributed by atoms with Crippen molar-refractivity contribution in [2.45, 2.75) is 6.17 Å². The van der Waals surface area contributed by atoms with Crippen molar-refractivity contribution in [2.75, 3.05) is 0 Å². The van der Waals surface area contributed by atoms with E-state index in [1.165, 1.54) is 0 Å². The van der Waals surface area contributed by atoms with Crippen LogP contribution in [0, 0.1) is 0 Å². The Bertz CT molecular complexity index is 255. The molecule has 16 heavy (non-hydrogen) atoms. The minimum Gasteiger partial charge on any atom is -0.521 e. The quantitative estimate of drug-likeness (QED) is 0.214. The highest BCUT2D eigenvalue weighted by atomic mass is 35.6. The van der Waals surface area contributed by atoms with Crippen molar-refractivity contribution in [2.24, 2.45) is 5.73 Å². The Morgan fingerprint density at radius 1 is 1.56 bits per heavy atom. The molecule has 12 heteroatoms. The number of carbonyl (C=O) groups is 3. The second kappa shape index (κ2) is 11.0. The van der Waals surface area contributed by atoms with E-state index in [1.807, 2.05) is 10.6 Å². The van der Waals surface area contributed by atoms with Crippen LogP contribution in [0.25, 0.3) is 0 Å². The summed E-state index contributed by atoms with van der Waals surface area (Å²) in [7, 11) is 4.64. The molecule has 1 heterocycles. The molecule has 1 aliphatic heterocycles. The van der Waals surface area contributed by atoms with E-state index in [-0.39, 0.29) is 0 Å². The summed E-state index contributed by atoms with van der Waals surface area (Å²) in [6, 6.07) is -1.51. The number of hydrogen-bond donors (Lipinski definition) is 6. The Balaban J connectivity index is 0. The van der Waals surface area contributed by atoms with Crippen molar-refractivity contribution < 1.29 is 22.7 Å². The largest absolute Gasteiger partial charge is 0.568 e. The Morgan fingerprint density at radius 3 is 2.25 bits per heavy atom. The lowest BCUT2D eigenvalue weighted by atomic mass is 10.5. The zero-order valence-corrected chi connectivity index (χ0v) is 12.1. The van der Waals surface area contributed by atoms with E-state index in [0.29, 0.717) is 16.6 Å². The SMILES string of the molecule is NC(=O)NC1NC(=O)NC1=O.[OH][AlH2].[OH][Al][Cl]. The van der Waals surface area contributed by atoms with Gasteiger partial charge in [0.05, 0.1) is 0 Å². The number of nitrogens with two attached hydrogens (primary N) is 1. The summed E-state index contributed by atoms with van der Waals surface area (Å²) in [6.45, 7) is 0. The zero-order valence-electron chi connectivity index (χ0n) is 8.23. The Hall–Kier alpha value is -0.515. The summed E-state index contributed by atoms with van der Waals surface area (Å²) in [4.78, 5) is 31.3. The highest BCUT2D eigenvalue weighted by molar-refractivity contribution is 6.89. The molecule has 1 atom stereocenters. The molecule has 1 saturated heterocycles. The summed E-state index contributed by atoms with van der Waals surface area (Å²) in [5.74, 6) is -0.617. The predicted molar refractivity (Wildman–Crippen MR) is 57.8 cm³/mol. The second-order valence-electron chi connectivity index (χ2n) is 2.00. The molecular weight excluding hydrogens is 273 g/mol. The lowest BCUT2D eigenvalue weighted by Crippen LogP contribution is -2.48. The third-order valence-corrected chi connectivity index (χ3v) is 1.06. The van der Waals surface area contributed by atoms with Crippen LogP contribution in [0.5, 0.6) is 0 Å². The second-order valence-corrected chi connectivity index (χ2v) is 2.78. The normalized spacial score (nSPS) is 16.6. The highest BCUT2D eigenvalue weighted by Gasteiger charge is 2.29. The maximum absolute atomic E-state index is 10.7. The third kappa shape index (κ3) is 8.77. The molecule has 1 rings (SSSR count). The van der Waals surface area contributed by atoms with Crippen LogP contribution in [0.3, 0.4) is 0 Å². The van der Waals surface area contributed by atoms with E-state index in [0.717, 1.165) is 0 Å². The van der Waals surface area contributed by atoms with Crippen LogP contribution in [0.15, 0.2) is 0 Å². The first kappa shape index (κ1) is 17.9. The standard InChI is InChI=1S/C4H6N4O3.2Al.ClH.2H2O.2H/c5-3(10)6-1-2(9)8-4(11)7-1;;;;;;;/h1H,(H3,5,6,10)(H2,7,8,9,11);;;1H;2*1H2;;/q;+1;+2;;;;;/p-3. The van der Waals surface area contributed by atoms with E-state index in [2.05, 4.69) is 15.4 Å². The Kier molecular flexibility index (Phi) is 12.3. The van der Waals surface area contributed by atoms with Gasteiger partial charge in [-0.2, -0.15) is 0 Å². The molecule has 0 aromatic rings. The summed E-state index contributed by atoms with van der Waals surface area (Å²) in [6.07, 6.45) is -1.04. The van der Waals surface area contributed by atoms with Crippen LogP contribution in [0.1, 0.15) is 0 Å². The number of halogens is 1. The number of urea groups is 2. The first-order valence-electron chi connectivity index (χ1n) is 3.69. The van der Waals surface area contributed by atoms with Crippen LogP contribution >= 0.6 is 10.0 Å². The van der Waals surface area contributed by atoms with E-state index < -0.39 is 38.8 Å². The van der Waals surface area contributed by atoms with Crippen molar-refractivity contribution >= 4 is 59.3 Å². The maximum atomic E-state index is 10.7. The van der Waals surface area contributed by atoms with E-state index >= 15 is 0 Å². The average molecular weight is 284 g/mol. The number of primary amides is 1. The van der Waals surface area contributed by atoms with Gasteiger partial charge < -0.3 is 24.7 Å². The van der Waals surface area contributed by atoms with Gasteiger partial charge in [-0.1, -0.05) is 0 Å². The average Bonchev–Trinajstić information content (AvgIpc) is 2.49. The lowest BCUT2D eigenvalue weighted by molar-refractivity contribution is -0.120. The fourth-order valence-corrected chi connectivity index (χ4v) is 0.661. The molecule has 0 spiro atoms. The maximum Gasteiger partial charge on any atom is 0.568 e. The van der Waals surface area contributed by atoms with Gasteiger partial charge in [-0.3, -0.25) is 10.1 Å². The molecule has 0 saturated carbocycles. The van der Waals surface area contributed by atoms with Gasteiger partial charge in [0.1, 0.15) is 0 Å².